The number of carboxylic acids is 1. The van der Waals surface area contributed by atoms with Crippen molar-refractivity contribution in [2.45, 2.75) is 17.4 Å². The first-order chi connectivity index (χ1) is 12.9. The molecule has 0 spiro atoms. The van der Waals surface area contributed by atoms with Gasteiger partial charge in [-0.1, -0.05) is 12.1 Å². The number of carbonyl (C=O) groups excluding carboxylic acids is 1. The van der Waals surface area contributed by atoms with E-state index in [1.807, 2.05) is 30.5 Å². The average Bonchev–Trinajstić information content (AvgIpc) is 3.05. The number of esters is 1. The molecule has 0 bridgehead atoms. The van der Waals surface area contributed by atoms with Crippen LogP contribution in [0.4, 0.5) is 0 Å². The second kappa shape index (κ2) is 7.67. The standard InChI is InChI=1S/C18H17N3O5S/c1-26-18(25)13-9-21(8-12-16(13)19-20-17(12)24)14(7-15(22)23)10-3-5-11(27-2)6-4-10/h3-6,8-9,14H,7H2,1-2H3,(H,20,24)(H,22,23). The molecule has 0 radical (unpaired) electrons. The van der Waals surface area contributed by atoms with E-state index in [4.69, 9.17) is 4.74 Å². The summed E-state index contributed by atoms with van der Waals surface area (Å²) in [5, 5.41) is 15.6. The molecule has 0 amide bonds. The number of H-pyrrole nitrogens is 1. The number of ether oxygens (including phenoxy) is 1. The van der Waals surface area contributed by atoms with Crippen molar-refractivity contribution in [1.82, 2.24) is 14.8 Å². The summed E-state index contributed by atoms with van der Waals surface area (Å²) in [4.78, 5) is 36.7. The first-order valence-electron chi connectivity index (χ1n) is 7.98. The second-order valence-electron chi connectivity index (χ2n) is 5.81. The molecule has 0 aliphatic carbocycles. The number of carboxylic acid groups (broad SMARTS) is 1. The van der Waals surface area contributed by atoms with Crippen LogP contribution in [-0.2, 0) is 9.53 Å². The van der Waals surface area contributed by atoms with Gasteiger partial charge in [0.2, 0.25) is 0 Å². The fourth-order valence-corrected chi connectivity index (χ4v) is 3.29. The lowest BCUT2D eigenvalue weighted by atomic mass is 10.0. The average molecular weight is 387 g/mol. The number of benzene rings is 1. The fraction of sp³-hybridized carbons (Fsp3) is 0.222. The normalized spacial score (nSPS) is 12.1. The summed E-state index contributed by atoms with van der Waals surface area (Å²) >= 11 is 1.58. The minimum atomic E-state index is -1.00. The molecule has 0 saturated heterocycles. The van der Waals surface area contributed by atoms with Gasteiger partial charge in [-0.2, -0.15) is 5.10 Å². The maximum atomic E-state index is 12.1. The maximum Gasteiger partial charge on any atom is 0.341 e. The highest BCUT2D eigenvalue weighted by Crippen LogP contribution is 2.29. The van der Waals surface area contributed by atoms with Crippen LogP contribution in [-0.4, -0.2) is 45.2 Å². The number of thioether (sulfide) groups is 1. The number of fused-ring (bicyclic) bond motifs is 1. The van der Waals surface area contributed by atoms with Crippen LogP contribution in [0.25, 0.3) is 11.3 Å². The molecule has 140 valence electrons. The van der Waals surface area contributed by atoms with E-state index in [1.54, 1.807) is 16.3 Å². The van der Waals surface area contributed by atoms with Crippen molar-refractivity contribution in [3.8, 4) is 11.3 Å². The van der Waals surface area contributed by atoms with Crippen molar-refractivity contribution in [1.29, 1.82) is 0 Å². The molecule has 2 N–H and O–H groups in total. The van der Waals surface area contributed by atoms with Crippen molar-refractivity contribution in [2.24, 2.45) is 0 Å². The van der Waals surface area contributed by atoms with E-state index in [9.17, 15) is 19.5 Å². The maximum absolute atomic E-state index is 12.1. The zero-order valence-corrected chi connectivity index (χ0v) is 15.4. The van der Waals surface area contributed by atoms with Crippen molar-refractivity contribution in [3.63, 3.8) is 0 Å². The highest BCUT2D eigenvalue weighted by atomic mass is 32.2. The first-order valence-corrected chi connectivity index (χ1v) is 9.21. The lowest BCUT2D eigenvalue weighted by molar-refractivity contribution is -0.137. The number of carbonyl (C=O) groups is 2. The molecule has 2 heterocycles. The highest BCUT2D eigenvalue weighted by Gasteiger charge is 2.25. The number of hydrogen-bond donors (Lipinski definition) is 2. The molecule has 1 aromatic carbocycles. The first kappa shape index (κ1) is 18.7. The van der Waals surface area contributed by atoms with E-state index in [2.05, 4.69) is 10.2 Å². The Bertz CT molecular complexity index is 1010. The molecule has 3 rings (SSSR count). The Kier molecular flexibility index (Phi) is 5.31. The van der Waals surface area contributed by atoms with Gasteiger partial charge in [-0.3, -0.25) is 9.59 Å². The zero-order valence-electron chi connectivity index (χ0n) is 14.6. The molecule has 27 heavy (non-hydrogen) atoms. The Hall–Kier alpha value is -3.07. The predicted molar refractivity (Wildman–Crippen MR) is 99.4 cm³/mol. The fourth-order valence-electron chi connectivity index (χ4n) is 2.88. The SMILES string of the molecule is COC(=O)c1cn(C(CC(=O)O)c2ccc(SC)cc2)cc2c(=O)[nH]nc1-2. The van der Waals surface area contributed by atoms with Crippen LogP contribution in [0.1, 0.15) is 28.4 Å². The Labute approximate surface area is 158 Å². The van der Waals surface area contributed by atoms with Crippen LogP contribution >= 0.6 is 11.8 Å². The van der Waals surface area contributed by atoms with Crippen LogP contribution in [0.5, 0.6) is 0 Å². The summed E-state index contributed by atoms with van der Waals surface area (Å²) < 4.78 is 6.33. The second-order valence-corrected chi connectivity index (χ2v) is 6.69. The van der Waals surface area contributed by atoms with Gasteiger partial charge < -0.3 is 14.4 Å². The minimum Gasteiger partial charge on any atom is -0.481 e. The largest absolute Gasteiger partial charge is 0.481 e. The highest BCUT2D eigenvalue weighted by molar-refractivity contribution is 7.98. The molecule has 2 aliphatic heterocycles. The van der Waals surface area contributed by atoms with Crippen LogP contribution in [0, 0.1) is 0 Å². The molecule has 8 nitrogen and oxygen atoms in total. The van der Waals surface area contributed by atoms with Gasteiger partial charge in [-0.05, 0) is 24.0 Å². The summed E-state index contributed by atoms with van der Waals surface area (Å²) in [6, 6.07) is 6.85. The number of pyridine rings is 1. The van der Waals surface area contributed by atoms with E-state index < -0.39 is 23.5 Å². The molecule has 0 saturated carbocycles. The van der Waals surface area contributed by atoms with Crippen LogP contribution in [0.3, 0.4) is 0 Å². The molecule has 1 atom stereocenters. The lowest BCUT2D eigenvalue weighted by Crippen LogP contribution is -2.19. The van der Waals surface area contributed by atoms with Crippen molar-refractivity contribution >= 4 is 23.7 Å². The summed E-state index contributed by atoms with van der Waals surface area (Å²) in [6.45, 7) is 0. The smallest absolute Gasteiger partial charge is 0.341 e. The van der Waals surface area contributed by atoms with Crippen molar-refractivity contribution < 1.29 is 19.4 Å². The molecule has 9 heteroatoms. The van der Waals surface area contributed by atoms with Gasteiger partial charge in [0, 0.05) is 17.3 Å². The van der Waals surface area contributed by atoms with Gasteiger partial charge in [0.15, 0.2) is 0 Å². The van der Waals surface area contributed by atoms with Crippen LogP contribution in [0.15, 0.2) is 46.3 Å². The number of nitrogens with one attached hydrogen (secondary N) is 1. The molecule has 1 aromatic rings. The quantitative estimate of drug-likeness (QED) is 0.492. The molecule has 0 fully saturated rings. The molecular weight excluding hydrogens is 370 g/mol. The third-order valence-corrected chi connectivity index (χ3v) is 4.96. The van der Waals surface area contributed by atoms with Gasteiger partial charge >= 0.3 is 11.9 Å². The van der Waals surface area contributed by atoms with Crippen LogP contribution < -0.4 is 5.56 Å². The number of hydrogen-bond acceptors (Lipinski definition) is 6. The van der Waals surface area contributed by atoms with E-state index in [0.717, 1.165) is 10.5 Å². The van der Waals surface area contributed by atoms with Gasteiger partial charge in [0.1, 0.15) is 11.3 Å². The predicted octanol–water partition coefficient (Wildman–Crippen LogP) is 2.25. The van der Waals surface area contributed by atoms with Crippen molar-refractivity contribution in [2.75, 3.05) is 13.4 Å². The monoisotopic (exact) mass is 387 g/mol. The number of rotatable bonds is 6. The number of aromatic nitrogens is 3. The molecular formula is C18H17N3O5S. The topological polar surface area (TPSA) is 114 Å². The Morgan fingerprint density at radius 3 is 2.59 bits per heavy atom. The summed E-state index contributed by atoms with van der Waals surface area (Å²) in [5.41, 5.74) is 0.746. The Morgan fingerprint density at radius 2 is 2.00 bits per heavy atom. The van der Waals surface area contributed by atoms with E-state index >= 15 is 0 Å². The Morgan fingerprint density at radius 1 is 1.30 bits per heavy atom. The minimum absolute atomic E-state index is 0.0875. The summed E-state index contributed by atoms with van der Waals surface area (Å²) in [7, 11) is 1.23. The number of aromatic amines is 1. The third kappa shape index (κ3) is 3.72. The van der Waals surface area contributed by atoms with Gasteiger partial charge in [-0.25, -0.2) is 9.89 Å². The zero-order chi connectivity index (χ0) is 19.6. The van der Waals surface area contributed by atoms with Gasteiger partial charge in [0.25, 0.3) is 5.56 Å². The number of methoxy groups -OCH3 is 1. The lowest BCUT2D eigenvalue weighted by Gasteiger charge is -2.21. The third-order valence-electron chi connectivity index (χ3n) is 4.21. The summed E-state index contributed by atoms with van der Waals surface area (Å²) in [5.74, 6) is -1.66. The van der Waals surface area contributed by atoms with Gasteiger partial charge in [0.05, 0.1) is 25.1 Å². The molecule has 2 aliphatic rings. The van der Waals surface area contributed by atoms with Crippen LogP contribution in [0.2, 0.25) is 0 Å². The van der Waals surface area contributed by atoms with E-state index in [1.165, 1.54) is 19.5 Å². The van der Waals surface area contributed by atoms with E-state index in [-0.39, 0.29) is 23.2 Å². The van der Waals surface area contributed by atoms with Crippen molar-refractivity contribution in [3.05, 3.63) is 58.1 Å². The summed E-state index contributed by atoms with van der Waals surface area (Å²) in [6.07, 6.45) is 4.69. The number of aliphatic carboxylic acids is 1. The molecule has 0 aromatic heterocycles. The Balaban J connectivity index is 2.18. The molecule has 1 unspecified atom stereocenters. The van der Waals surface area contributed by atoms with Gasteiger partial charge in [-0.15, -0.1) is 11.8 Å². The number of nitrogens with zero attached hydrogens (tertiary/aromatic N) is 2. The van der Waals surface area contributed by atoms with E-state index in [0.29, 0.717) is 0 Å².